The molecule has 4 rings (SSSR count). The number of methoxy groups -OCH3 is 1. The van der Waals surface area contributed by atoms with Crippen molar-refractivity contribution in [1.82, 2.24) is 4.98 Å². The standard InChI is InChI=1S/C24H15F2NO/c1-28-20-10-13-23(27-15-20)18-7-4-16(5-8-18)2-3-17-6-11-21-19(14-17)9-12-22(25)24(21)26/h4-15H,1H3. The zero-order valence-corrected chi connectivity index (χ0v) is 15.0. The molecule has 4 aromatic rings. The van der Waals surface area contributed by atoms with E-state index in [0.29, 0.717) is 11.1 Å². The third-order valence-corrected chi connectivity index (χ3v) is 4.41. The Balaban J connectivity index is 1.57. The smallest absolute Gasteiger partial charge is 0.166 e. The molecule has 28 heavy (non-hydrogen) atoms. The van der Waals surface area contributed by atoms with Gasteiger partial charge in [-0.3, -0.25) is 4.98 Å². The zero-order chi connectivity index (χ0) is 19.5. The molecule has 0 saturated heterocycles. The lowest BCUT2D eigenvalue weighted by Crippen LogP contribution is -1.87. The molecule has 0 aliphatic heterocycles. The molecule has 136 valence electrons. The SMILES string of the molecule is COc1ccc(-c2ccc(C#Cc3ccc4c(F)c(F)ccc4c3)cc2)nc1. The molecule has 0 atom stereocenters. The van der Waals surface area contributed by atoms with Gasteiger partial charge in [-0.2, -0.15) is 0 Å². The molecule has 1 aromatic heterocycles. The molecule has 0 N–H and O–H groups in total. The molecular formula is C24H15F2NO. The number of nitrogens with zero attached hydrogens (tertiary/aromatic N) is 1. The topological polar surface area (TPSA) is 22.1 Å². The van der Waals surface area contributed by atoms with Crippen LogP contribution < -0.4 is 4.74 Å². The summed E-state index contributed by atoms with van der Waals surface area (Å²) in [7, 11) is 1.61. The second-order valence-electron chi connectivity index (χ2n) is 6.21. The van der Waals surface area contributed by atoms with Gasteiger partial charge in [0.1, 0.15) is 5.75 Å². The summed E-state index contributed by atoms with van der Waals surface area (Å²) in [5, 5.41) is 0.869. The second-order valence-corrected chi connectivity index (χ2v) is 6.21. The van der Waals surface area contributed by atoms with Gasteiger partial charge in [-0.1, -0.05) is 36.1 Å². The lowest BCUT2D eigenvalue weighted by atomic mass is 10.1. The van der Waals surface area contributed by atoms with E-state index >= 15 is 0 Å². The molecule has 0 saturated carbocycles. The van der Waals surface area contributed by atoms with Gasteiger partial charge in [0.05, 0.1) is 19.0 Å². The van der Waals surface area contributed by atoms with Crippen LogP contribution >= 0.6 is 0 Å². The van der Waals surface area contributed by atoms with E-state index in [1.807, 2.05) is 36.4 Å². The minimum Gasteiger partial charge on any atom is -0.495 e. The highest BCUT2D eigenvalue weighted by Crippen LogP contribution is 2.22. The summed E-state index contributed by atoms with van der Waals surface area (Å²) >= 11 is 0. The van der Waals surface area contributed by atoms with Crippen LogP contribution in [-0.2, 0) is 0 Å². The Morgan fingerprint density at radius 2 is 1.57 bits per heavy atom. The van der Waals surface area contributed by atoms with E-state index in [9.17, 15) is 8.78 Å². The molecule has 2 nitrogen and oxygen atoms in total. The highest BCUT2D eigenvalue weighted by atomic mass is 19.2. The molecule has 3 aromatic carbocycles. The first-order valence-corrected chi connectivity index (χ1v) is 8.64. The van der Waals surface area contributed by atoms with Crippen molar-refractivity contribution in [3.8, 4) is 28.8 Å². The van der Waals surface area contributed by atoms with Crippen LogP contribution in [-0.4, -0.2) is 12.1 Å². The second kappa shape index (κ2) is 7.50. The number of rotatable bonds is 2. The van der Waals surface area contributed by atoms with Crippen molar-refractivity contribution in [3.05, 3.63) is 95.7 Å². The van der Waals surface area contributed by atoms with Gasteiger partial charge in [0.15, 0.2) is 11.6 Å². The maximum absolute atomic E-state index is 13.8. The first-order chi connectivity index (χ1) is 13.6. The fourth-order valence-electron chi connectivity index (χ4n) is 2.88. The summed E-state index contributed by atoms with van der Waals surface area (Å²) in [5.74, 6) is 5.18. The monoisotopic (exact) mass is 371 g/mol. The quantitative estimate of drug-likeness (QED) is 0.429. The van der Waals surface area contributed by atoms with Crippen molar-refractivity contribution in [3.63, 3.8) is 0 Å². The number of ether oxygens (including phenoxy) is 1. The van der Waals surface area contributed by atoms with Crippen molar-refractivity contribution >= 4 is 10.8 Å². The molecule has 0 fully saturated rings. The van der Waals surface area contributed by atoms with Gasteiger partial charge in [0.2, 0.25) is 0 Å². The van der Waals surface area contributed by atoms with Crippen molar-refractivity contribution < 1.29 is 13.5 Å². The summed E-state index contributed by atoms with van der Waals surface area (Å²) in [6.07, 6.45) is 1.68. The Morgan fingerprint density at radius 3 is 2.29 bits per heavy atom. The highest BCUT2D eigenvalue weighted by molar-refractivity contribution is 5.84. The largest absolute Gasteiger partial charge is 0.495 e. The summed E-state index contributed by atoms with van der Waals surface area (Å²) < 4.78 is 32.2. The average Bonchev–Trinajstić information content (AvgIpc) is 2.75. The first-order valence-electron chi connectivity index (χ1n) is 8.64. The van der Waals surface area contributed by atoms with Crippen molar-refractivity contribution in [2.24, 2.45) is 0 Å². The molecule has 0 bridgehead atoms. The summed E-state index contributed by atoms with van der Waals surface area (Å²) in [5.41, 5.74) is 3.42. The van der Waals surface area contributed by atoms with Crippen LogP contribution in [0.5, 0.6) is 5.75 Å². The predicted octanol–water partition coefficient (Wildman–Crippen LogP) is 5.59. The zero-order valence-electron chi connectivity index (χ0n) is 15.0. The average molecular weight is 371 g/mol. The van der Waals surface area contributed by atoms with Crippen LogP contribution in [0.2, 0.25) is 0 Å². The van der Waals surface area contributed by atoms with Gasteiger partial charge < -0.3 is 4.74 Å². The van der Waals surface area contributed by atoms with Gasteiger partial charge in [0.25, 0.3) is 0 Å². The number of benzene rings is 3. The van der Waals surface area contributed by atoms with E-state index in [0.717, 1.165) is 28.5 Å². The normalized spacial score (nSPS) is 10.4. The minimum absolute atomic E-state index is 0.252. The Morgan fingerprint density at radius 1 is 0.821 bits per heavy atom. The molecule has 0 spiro atoms. The van der Waals surface area contributed by atoms with Gasteiger partial charge in [-0.25, -0.2) is 8.78 Å². The summed E-state index contributed by atoms with van der Waals surface area (Å²) in [4.78, 5) is 4.37. The van der Waals surface area contributed by atoms with Gasteiger partial charge in [-0.05, 0) is 47.9 Å². The Kier molecular flexibility index (Phi) is 4.74. The van der Waals surface area contributed by atoms with Gasteiger partial charge in [-0.15, -0.1) is 0 Å². The van der Waals surface area contributed by atoms with Crippen LogP contribution in [0.3, 0.4) is 0 Å². The van der Waals surface area contributed by atoms with Crippen LogP contribution in [0.4, 0.5) is 8.78 Å². The molecule has 0 aliphatic rings. The minimum atomic E-state index is -0.849. The molecule has 0 amide bonds. The summed E-state index contributed by atoms with van der Waals surface area (Å²) in [6.45, 7) is 0. The number of hydrogen-bond acceptors (Lipinski definition) is 2. The third-order valence-electron chi connectivity index (χ3n) is 4.41. The highest BCUT2D eigenvalue weighted by Gasteiger charge is 2.06. The third kappa shape index (κ3) is 3.56. The Bertz CT molecular complexity index is 1200. The molecule has 0 aliphatic carbocycles. The summed E-state index contributed by atoms with van der Waals surface area (Å²) in [6, 6.07) is 19.2. The molecule has 0 unspecified atom stereocenters. The number of halogens is 2. The first kappa shape index (κ1) is 17.7. The number of pyridine rings is 1. The fraction of sp³-hybridized carbons (Fsp3) is 0.0417. The van der Waals surface area contributed by atoms with E-state index in [1.165, 1.54) is 0 Å². The Labute approximate surface area is 161 Å². The number of aromatic nitrogens is 1. The molecular weight excluding hydrogens is 356 g/mol. The van der Waals surface area contributed by atoms with Crippen LogP contribution in [0, 0.1) is 23.5 Å². The van der Waals surface area contributed by atoms with E-state index in [1.54, 1.807) is 37.6 Å². The van der Waals surface area contributed by atoms with Gasteiger partial charge in [0, 0.05) is 22.1 Å². The van der Waals surface area contributed by atoms with Crippen LogP contribution in [0.15, 0.2) is 72.9 Å². The van der Waals surface area contributed by atoms with Crippen LogP contribution in [0.25, 0.3) is 22.0 Å². The molecule has 0 radical (unpaired) electrons. The maximum atomic E-state index is 13.8. The number of hydrogen-bond donors (Lipinski definition) is 0. The Hall–Kier alpha value is -3.71. The van der Waals surface area contributed by atoms with Crippen molar-refractivity contribution in [1.29, 1.82) is 0 Å². The van der Waals surface area contributed by atoms with E-state index < -0.39 is 11.6 Å². The lowest BCUT2D eigenvalue weighted by molar-refractivity contribution is 0.413. The fourth-order valence-corrected chi connectivity index (χ4v) is 2.88. The van der Waals surface area contributed by atoms with E-state index in [-0.39, 0.29) is 5.39 Å². The maximum Gasteiger partial charge on any atom is 0.166 e. The molecule has 4 heteroatoms. The van der Waals surface area contributed by atoms with Crippen LogP contribution in [0.1, 0.15) is 11.1 Å². The van der Waals surface area contributed by atoms with Crippen molar-refractivity contribution in [2.75, 3.05) is 7.11 Å². The van der Waals surface area contributed by atoms with E-state index in [4.69, 9.17) is 4.74 Å². The van der Waals surface area contributed by atoms with Gasteiger partial charge >= 0.3 is 0 Å². The van der Waals surface area contributed by atoms with Crippen molar-refractivity contribution in [2.45, 2.75) is 0 Å². The van der Waals surface area contributed by atoms with E-state index in [2.05, 4.69) is 16.8 Å². The lowest BCUT2D eigenvalue weighted by Gasteiger charge is -2.03. The number of fused-ring (bicyclic) bond motifs is 1. The predicted molar refractivity (Wildman–Crippen MR) is 106 cm³/mol. The molecule has 1 heterocycles.